The van der Waals surface area contributed by atoms with E-state index in [0.717, 1.165) is 24.8 Å². The lowest BCUT2D eigenvalue weighted by Gasteiger charge is -2.21. The van der Waals surface area contributed by atoms with Crippen LogP contribution in [0.15, 0.2) is 18.3 Å². The molecule has 1 aliphatic rings. The van der Waals surface area contributed by atoms with E-state index in [0.29, 0.717) is 12.6 Å². The molecule has 1 aliphatic carbocycles. The fraction of sp³-hybridized carbons (Fsp3) is 0.562. The zero-order valence-electron chi connectivity index (χ0n) is 11.9. The average Bonchev–Trinajstić information content (AvgIpc) is 3.20. The molecule has 2 rings (SSSR count). The highest BCUT2D eigenvalue weighted by atomic mass is 15.2. The van der Waals surface area contributed by atoms with E-state index in [1.165, 1.54) is 18.4 Å². The molecule has 1 fully saturated rings. The van der Waals surface area contributed by atoms with Crippen LogP contribution in [0.3, 0.4) is 0 Å². The summed E-state index contributed by atoms with van der Waals surface area (Å²) >= 11 is 0. The molecule has 0 amide bonds. The summed E-state index contributed by atoms with van der Waals surface area (Å²) in [5, 5.41) is 3.39. The van der Waals surface area contributed by atoms with Crippen LogP contribution in [0.5, 0.6) is 0 Å². The van der Waals surface area contributed by atoms with Crippen molar-refractivity contribution in [2.45, 2.75) is 39.3 Å². The van der Waals surface area contributed by atoms with Crippen LogP contribution < -0.4 is 10.2 Å². The van der Waals surface area contributed by atoms with Gasteiger partial charge in [-0.2, -0.15) is 0 Å². The Morgan fingerprint density at radius 1 is 1.47 bits per heavy atom. The van der Waals surface area contributed by atoms with Crippen molar-refractivity contribution in [3.8, 4) is 12.3 Å². The topological polar surface area (TPSA) is 28.2 Å². The summed E-state index contributed by atoms with van der Waals surface area (Å²) < 4.78 is 0. The summed E-state index contributed by atoms with van der Waals surface area (Å²) in [5.74, 6) is 4.54. The van der Waals surface area contributed by atoms with Crippen LogP contribution in [-0.2, 0) is 6.54 Å². The summed E-state index contributed by atoms with van der Waals surface area (Å²) in [4.78, 5) is 6.75. The van der Waals surface area contributed by atoms with Crippen molar-refractivity contribution >= 4 is 5.82 Å². The summed E-state index contributed by atoms with van der Waals surface area (Å²) in [6, 6.07) is 4.71. The maximum Gasteiger partial charge on any atom is 0.129 e. The minimum absolute atomic E-state index is 0.493. The molecule has 19 heavy (non-hydrogen) atoms. The van der Waals surface area contributed by atoms with Gasteiger partial charge in [0.05, 0.1) is 6.54 Å². The van der Waals surface area contributed by atoms with E-state index in [4.69, 9.17) is 6.42 Å². The first-order valence-corrected chi connectivity index (χ1v) is 7.05. The Morgan fingerprint density at radius 3 is 2.79 bits per heavy atom. The predicted octanol–water partition coefficient (Wildman–Crippen LogP) is 2.43. The minimum Gasteiger partial charge on any atom is -0.345 e. The molecule has 0 aromatic carbocycles. The normalized spacial score (nSPS) is 14.4. The van der Waals surface area contributed by atoms with Crippen LogP contribution in [0, 0.1) is 18.3 Å². The highest BCUT2D eigenvalue weighted by Crippen LogP contribution is 2.30. The molecular weight excluding hydrogens is 234 g/mol. The lowest BCUT2D eigenvalue weighted by atomic mass is 10.2. The Morgan fingerprint density at radius 2 is 2.26 bits per heavy atom. The van der Waals surface area contributed by atoms with Crippen molar-refractivity contribution in [3.63, 3.8) is 0 Å². The zero-order chi connectivity index (χ0) is 13.7. The fourth-order valence-electron chi connectivity index (χ4n) is 1.99. The van der Waals surface area contributed by atoms with E-state index in [1.54, 1.807) is 0 Å². The molecule has 1 aromatic rings. The van der Waals surface area contributed by atoms with E-state index < -0.39 is 0 Å². The van der Waals surface area contributed by atoms with E-state index in [9.17, 15) is 0 Å². The van der Waals surface area contributed by atoms with Crippen molar-refractivity contribution in [1.82, 2.24) is 10.3 Å². The molecule has 0 bridgehead atoms. The number of pyridine rings is 1. The monoisotopic (exact) mass is 257 g/mol. The number of nitrogens with zero attached hydrogens (tertiary/aromatic N) is 2. The van der Waals surface area contributed by atoms with Crippen LogP contribution in [0.4, 0.5) is 5.82 Å². The zero-order valence-corrected chi connectivity index (χ0v) is 11.9. The van der Waals surface area contributed by atoms with Gasteiger partial charge in [0.15, 0.2) is 0 Å². The molecule has 1 heterocycles. The van der Waals surface area contributed by atoms with Crippen molar-refractivity contribution in [2.75, 3.05) is 18.0 Å². The first kappa shape index (κ1) is 13.9. The second kappa shape index (κ2) is 6.58. The summed E-state index contributed by atoms with van der Waals surface area (Å²) in [6.45, 7) is 6.84. The largest absolute Gasteiger partial charge is 0.345 e. The van der Waals surface area contributed by atoms with Crippen LogP contribution in [0.2, 0.25) is 0 Å². The summed E-state index contributed by atoms with van der Waals surface area (Å²) in [5.41, 5.74) is 1.21. The van der Waals surface area contributed by atoms with E-state index in [1.807, 2.05) is 6.20 Å². The number of anilines is 1. The predicted molar refractivity (Wildman–Crippen MR) is 80.0 cm³/mol. The van der Waals surface area contributed by atoms with E-state index in [2.05, 4.69) is 47.1 Å². The number of aromatic nitrogens is 1. The minimum atomic E-state index is 0.493. The number of hydrogen-bond acceptors (Lipinski definition) is 3. The van der Waals surface area contributed by atoms with Gasteiger partial charge in [-0.1, -0.05) is 25.8 Å². The molecule has 0 radical (unpaired) electrons. The van der Waals surface area contributed by atoms with Gasteiger partial charge >= 0.3 is 0 Å². The summed E-state index contributed by atoms with van der Waals surface area (Å²) in [6.07, 6.45) is 10.1. The Kier molecular flexibility index (Phi) is 4.81. The van der Waals surface area contributed by atoms with Crippen molar-refractivity contribution in [1.29, 1.82) is 0 Å². The maximum atomic E-state index is 5.44. The van der Waals surface area contributed by atoms with Crippen LogP contribution in [0.25, 0.3) is 0 Å². The van der Waals surface area contributed by atoms with E-state index in [-0.39, 0.29) is 0 Å². The second-order valence-corrected chi connectivity index (χ2v) is 5.59. The molecule has 0 spiro atoms. The molecule has 1 aromatic heterocycles. The molecule has 0 saturated heterocycles. The molecule has 1 saturated carbocycles. The molecule has 0 unspecified atom stereocenters. The quantitative estimate of drug-likeness (QED) is 0.760. The third kappa shape index (κ3) is 4.57. The van der Waals surface area contributed by atoms with Crippen LogP contribution >= 0.6 is 0 Å². The molecule has 0 atom stereocenters. The SMILES string of the molecule is C#CCN(CC1CC1)c1ccc(CNC(C)C)cn1. The third-order valence-corrected chi connectivity index (χ3v) is 3.31. The second-order valence-electron chi connectivity index (χ2n) is 5.59. The Hall–Kier alpha value is -1.53. The van der Waals surface area contributed by atoms with Gasteiger partial charge in [0.2, 0.25) is 0 Å². The van der Waals surface area contributed by atoms with Gasteiger partial charge in [0.1, 0.15) is 5.82 Å². The Balaban J connectivity index is 1.96. The number of rotatable bonds is 7. The highest BCUT2D eigenvalue weighted by Gasteiger charge is 2.24. The first-order chi connectivity index (χ1) is 9.19. The van der Waals surface area contributed by atoms with Gasteiger partial charge < -0.3 is 10.2 Å². The molecule has 102 valence electrons. The fourth-order valence-corrected chi connectivity index (χ4v) is 1.99. The van der Waals surface area contributed by atoms with Crippen molar-refractivity contribution in [3.05, 3.63) is 23.9 Å². The smallest absolute Gasteiger partial charge is 0.129 e. The van der Waals surface area contributed by atoms with Crippen molar-refractivity contribution in [2.24, 2.45) is 5.92 Å². The average molecular weight is 257 g/mol. The first-order valence-electron chi connectivity index (χ1n) is 7.05. The van der Waals surface area contributed by atoms with Gasteiger partial charge in [-0.25, -0.2) is 4.98 Å². The van der Waals surface area contributed by atoms with Gasteiger partial charge in [0.25, 0.3) is 0 Å². The molecule has 0 aliphatic heterocycles. The number of hydrogen-bond donors (Lipinski definition) is 1. The standard InChI is InChI=1S/C16H23N3/c1-4-9-19(12-14-5-6-14)16-8-7-15(11-18-16)10-17-13(2)3/h1,7-8,11,13-14,17H,5-6,9-10,12H2,2-3H3. The molecular formula is C16H23N3. The van der Waals surface area contributed by atoms with Gasteiger partial charge in [-0.3, -0.25) is 0 Å². The third-order valence-electron chi connectivity index (χ3n) is 3.31. The highest BCUT2D eigenvalue weighted by molar-refractivity contribution is 5.41. The summed E-state index contributed by atoms with van der Waals surface area (Å²) in [7, 11) is 0. The number of nitrogens with one attached hydrogen (secondary N) is 1. The van der Waals surface area contributed by atoms with Gasteiger partial charge in [-0.15, -0.1) is 6.42 Å². The van der Waals surface area contributed by atoms with Crippen LogP contribution in [0.1, 0.15) is 32.3 Å². The molecule has 1 N–H and O–H groups in total. The maximum absolute atomic E-state index is 5.44. The lowest BCUT2D eigenvalue weighted by Crippen LogP contribution is -2.27. The lowest BCUT2D eigenvalue weighted by molar-refractivity contribution is 0.588. The van der Waals surface area contributed by atoms with Crippen LogP contribution in [-0.4, -0.2) is 24.1 Å². The Labute approximate surface area is 116 Å². The van der Waals surface area contributed by atoms with Gasteiger partial charge in [0, 0.05) is 25.3 Å². The number of terminal acetylenes is 1. The molecule has 3 nitrogen and oxygen atoms in total. The van der Waals surface area contributed by atoms with E-state index >= 15 is 0 Å². The van der Waals surface area contributed by atoms with Gasteiger partial charge in [-0.05, 0) is 30.4 Å². The Bertz CT molecular complexity index is 426. The van der Waals surface area contributed by atoms with Crippen molar-refractivity contribution < 1.29 is 0 Å². The molecule has 3 heteroatoms.